The van der Waals surface area contributed by atoms with Crippen LogP contribution in [0.5, 0.6) is 0 Å². The Bertz CT molecular complexity index is 675. The molecule has 23 heavy (non-hydrogen) atoms. The van der Waals surface area contributed by atoms with E-state index in [1.807, 2.05) is 20.9 Å². The summed E-state index contributed by atoms with van der Waals surface area (Å²) in [6.07, 6.45) is 0.803. The fourth-order valence-corrected chi connectivity index (χ4v) is 1.70. The Morgan fingerprint density at radius 1 is 1.43 bits per heavy atom. The van der Waals surface area contributed by atoms with Gasteiger partial charge in [0.2, 0.25) is 5.89 Å². The number of carbonyl (C=O) groups excluding carboxylic acids is 1. The third-order valence-corrected chi connectivity index (χ3v) is 3.08. The molecule has 1 aromatic carbocycles. The van der Waals surface area contributed by atoms with Gasteiger partial charge in [0.05, 0.1) is 24.2 Å². The number of rotatable bonds is 5. The maximum atomic E-state index is 10.1. The van der Waals surface area contributed by atoms with E-state index in [2.05, 4.69) is 26.8 Å². The van der Waals surface area contributed by atoms with Crippen LogP contribution in [0.1, 0.15) is 35.8 Å². The molecule has 7 heteroatoms. The topological polar surface area (TPSA) is 104 Å². The molecule has 0 fully saturated rings. The van der Waals surface area contributed by atoms with E-state index in [4.69, 9.17) is 9.78 Å². The predicted molar refractivity (Wildman–Crippen MR) is 87.0 cm³/mol. The molecular weight excluding hydrogens is 294 g/mol. The number of anilines is 1. The smallest absolute Gasteiger partial charge is 0.243 e. The number of nitriles is 1. The van der Waals surface area contributed by atoms with Gasteiger partial charge >= 0.3 is 0 Å². The lowest BCUT2D eigenvalue weighted by Crippen LogP contribution is -2.12. The molecule has 122 valence electrons. The van der Waals surface area contributed by atoms with Crippen molar-refractivity contribution in [2.45, 2.75) is 26.8 Å². The summed E-state index contributed by atoms with van der Waals surface area (Å²) in [5, 5.41) is 18.2. The molecule has 0 saturated heterocycles. The van der Waals surface area contributed by atoms with Crippen LogP contribution in [-0.2, 0) is 4.79 Å². The minimum atomic E-state index is 0.140. The molecule has 1 atom stereocenters. The van der Waals surface area contributed by atoms with Crippen LogP contribution >= 0.6 is 0 Å². The second kappa shape index (κ2) is 9.33. The number of hydrogen-bond acceptors (Lipinski definition) is 7. The molecule has 2 aromatic rings. The molecular formula is C16H21N5O2. The molecule has 0 spiro atoms. The summed E-state index contributed by atoms with van der Waals surface area (Å²) in [6.45, 7) is 5.96. The van der Waals surface area contributed by atoms with Crippen molar-refractivity contribution in [2.75, 3.05) is 18.9 Å². The van der Waals surface area contributed by atoms with E-state index >= 15 is 0 Å². The summed E-state index contributed by atoms with van der Waals surface area (Å²) in [5.41, 5.74) is 2.50. The zero-order valence-corrected chi connectivity index (χ0v) is 13.8. The number of aldehydes is 1. The van der Waals surface area contributed by atoms with Gasteiger partial charge in [0.15, 0.2) is 5.82 Å². The van der Waals surface area contributed by atoms with E-state index in [9.17, 15) is 4.79 Å². The monoisotopic (exact) mass is 315 g/mol. The van der Waals surface area contributed by atoms with E-state index in [1.54, 1.807) is 25.1 Å². The molecule has 0 radical (unpaired) electrons. The Morgan fingerprint density at radius 3 is 2.65 bits per heavy atom. The molecule has 0 aliphatic rings. The summed E-state index contributed by atoms with van der Waals surface area (Å²) >= 11 is 0. The number of carbonyl (C=O) groups is 1. The Labute approximate surface area is 135 Å². The molecule has 1 unspecified atom stereocenters. The lowest BCUT2D eigenvalue weighted by atomic mass is 10.1. The van der Waals surface area contributed by atoms with E-state index in [1.165, 1.54) is 0 Å². The average Bonchev–Trinajstić information content (AvgIpc) is 3.00. The minimum Gasteiger partial charge on any atom is -0.378 e. The number of nitrogens with zero attached hydrogens (tertiary/aromatic N) is 3. The highest BCUT2D eigenvalue weighted by Gasteiger charge is 2.08. The van der Waals surface area contributed by atoms with Crippen LogP contribution in [0, 0.1) is 25.2 Å². The molecule has 2 rings (SSSR count). The molecule has 0 aliphatic carbocycles. The first-order valence-electron chi connectivity index (χ1n) is 7.17. The molecule has 0 amide bonds. The summed E-state index contributed by atoms with van der Waals surface area (Å²) in [5.74, 6) is 1.32. The molecule has 0 aliphatic heterocycles. The Kier molecular flexibility index (Phi) is 7.43. The Hall–Kier alpha value is -2.72. The Morgan fingerprint density at radius 2 is 2.17 bits per heavy atom. The fraction of sp³-hybridized carbons (Fsp3) is 0.375. The Balaban J connectivity index is 0.000000238. The van der Waals surface area contributed by atoms with Crippen LogP contribution in [0.25, 0.3) is 0 Å². The van der Waals surface area contributed by atoms with Crippen molar-refractivity contribution in [2.24, 2.45) is 0 Å². The van der Waals surface area contributed by atoms with Gasteiger partial charge in [-0.1, -0.05) is 5.16 Å². The SMILES string of the molecule is CNC(C)c1nc(C)no1.Cc1cc(C#N)ccc1NCC=O. The lowest BCUT2D eigenvalue weighted by Gasteiger charge is -2.05. The predicted octanol–water partition coefficient (Wildman–Crippen LogP) is 2.14. The molecule has 0 saturated carbocycles. The summed E-state index contributed by atoms with van der Waals surface area (Å²) in [4.78, 5) is 14.1. The zero-order valence-electron chi connectivity index (χ0n) is 13.8. The maximum Gasteiger partial charge on any atom is 0.243 e. The van der Waals surface area contributed by atoms with Gasteiger partial charge in [0.25, 0.3) is 0 Å². The zero-order chi connectivity index (χ0) is 17.2. The van der Waals surface area contributed by atoms with Gasteiger partial charge in [-0.05, 0) is 51.6 Å². The number of benzene rings is 1. The second-order valence-electron chi connectivity index (χ2n) is 4.88. The number of hydrogen-bond donors (Lipinski definition) is 2. The summed E-state index contributed by atoms with van der Waals surface area (Å²) in [6, 6.07) is 7.50. The van der Waals surface area contributed by atoms with Crippen molar-refractivity contribution in [1.82, 2.24) is 15.5 Å². The van der Waals surface area contributed by atoms with Crippen LogP contribution in [0.2, 0.25) is 0 Å². The second-order valence-corrected chi connectivity index (χ2v) is 4.88. The van der Waals surface area contributed by atoms with Crippen molar-refractivity contribution < 1.29 is 9.32 Å². The molecule has 0 bridgehead atoms. The summed E-state index contributed by atoms with van der Waals surface area (Å²) < 4.78 is 4.89. The average molecular weight is 315 g/mol. The largest absolute Gasteiger partial charge is 0.378 e. The van der Waals surface area contributed by atoms with Crippen LogP contribution in [0.15, 0.2) is 22.7 Å². The first-order valence-corrected chi connectivity index (χ1v) is 7.17. The number of nitrogens with one attached hydrogen (secondary N) is 2. The van der Waals surface area contributed by atoms with Crippen LogP contribution in [0.3, 0.4) is 0 Å². The van der Waals surface area contributed by atoms with Crippen molar-refractivity contribution in [3.63, 3.8) is 0 Å². The van der Waals surface area contributed by atoms with Gasteiger partial charge in [-0.25, -0.2) is 0 Å². The van der Waals surface area contributed by atoms with Crippen LogP contribution in [-0.4, -0.2) is 30.0 Å². The van der Waals surface area contributed by atoms with Gasteiger partial charge in [-0.3, -0.25) is 0 Å². The van der Waals surface area contributed by atoms with Gasteiger partial charge in [0.1, 0.15) is 6.29 Å². The van der Waals surface area contributed by atoms with E-state index in [0.717, 1.165) is 17.5 Å². The van der Waals surface area contributed by atoms with Crippen LogP contribution < -0.4 is 10.6 Å². The lowest BCUT2D eigenvalue weighted by molar-refractivity contribution is -0.106. The quantitative estimate of drug-likeness (QED) is 0.814. The van der Waals surface area contributed by atoms with E-state index in [-0.39, 0.29) is 6.04 Å². The standard InChI is InChI=1S/C10H10N2O.C6H11N3O/c1-8-6-9(7-11)2-3-10(8)12-4-5-13;1-4(7-3)6-8-5(2)9-10-6/h2-3,5-6,12H,4H2,1H3;4,7H,1-3H3. The maximum absolute atomic E-state index is 10.1. The van der Waals surface area contributed by atoms with Crippen molar-refractivity contribution in [3.05, 3.63) is 41.0 Å². The van der Waals surface area contributed by atoms with Gasteiger partial charge in [0, 0.05) is 5.69 Å². The van der Waals surface area contributed by atoms with Crippen molar-refractivity contribution >= 4 is 12.0 Å². The molecule has 2 N–H and O–H groups in total. The first-order chi connectivity index (χ1) is 11.0. The highest BCUT2D eigenvalue weighted by atomic mass is 16.5. The van der Waals surface area contributed by atoms with Gasteiger partial charge < -0.3 is 20.0 Å². The molecule has 7 nitrogen and oxygen atoms in total. The fourth-order valence-electron chi connectivity index (χ4n) is 1.70. The number of aryl methyl sites for hydroxylation is 2. The summed E-state index contributed by atoms with van der Waals surface area (Å²) in [7, 11) is 1.85. The van der Waals surface area contributed by atoms with Gasteiger partial charge in [-0.2, -0.15) is 10.2 Å². The third kappa shape index (κ3) is 5.88. The van der Waals surface area contributed by atoms with E-state index in [0.29, 0.717) is 23.8 Å². The van der Waals surface area contributed by atoms with Gasteiger partial charge in [-0.15, -0.1) is 0 Å². The first kappa shape index (κ1) is 18.3. The molecule has 1 aromatic heterocycles. The van der Waals surface area contributed by atoms with Crippen molar-refractivity contribution in [3.8, 4) is 6.07 Å². The highest BCUT2D eigenvalue weighted by molar-refractivity contribution is 5.62. The third-order valence-electron chi connectivity index (χ3n) is 3.08. The minimum absolute atomic E-state index is 0.140. The van der Waals surface area contributed by atoms with Crippen LogP contribution in [0.4, 0.5) is 5.69 Å². The molecule has 1 heterocycles. The van der Waals surface area contributed by atoms with E-state index < -0.39 is 0 Å². The van der Waals surface area contributed by atoms with Crippen molar-refractivity contribution in [1.29, 1.82) is 5.26 Å². The normalized spacial score (nSPS) is 10.9. The highest BCUT2D eigenvalue weighted by Crippen LogP contribution is 2.15. The number of aromatic nitrogens is 2.